The first-order chi connectivity index (χ1) is 8.67. The molecule has 0 spiro atoms. The van der Waals surface area contributed by atoms with Crippen LogP contribution in [0.4, 0.5) is 0 Å². The molecule has 0 saturated carbocycles. The Morgan fingerprint density at radius 1 is 1.44 bits per heavy atom. The summed E-state index contributed by atoms with van der Waals surface area (Å²) in [6, 6.07) is 5.50. The van der Waals surface area contributed by atoms with Gasteiger partial charge in [-0.1, -0.05) is 11.6 Å². The van der Waals surface area contributed by atoms with Gasteiger partial charge < -0.3 is 10.1 Å². The van der Waals surface area contributed by atoms with Crippen LogP contribution in [0.1, 0.15) is 18.9 Å². The van der Waals surface area contributed by atoms with E-state index in [9.17, 15) is 4.79 Å². The van der Waals surface area contributed by atoms with E-state index < -0.39 is 0 Å². The van der Waals surface area contributed by atoms with Crippen LogP contribution in [0.2, 0.25) is 5.02 Å². The Kier molecular flexibility index (Phi) is 6.91. The maximum atomic E-state index is 11.3. The van der Waals surface area contributed by atoms with E-state index in [-0.39, 0.29) is 5.91 Å². The van der Waals surface area contributed by atoms with E-state index in [0.717, 1.165) is 11.3 Å². The Bertz CT molecular complexity index is 397. The number of nitrogens with one attached hydrogen (secondary N) is 1. The molecule has 3 nitrogen and oxygen atoms in total. The minimum Gasteiger partial charge on any atom is -0.494 e. The summed E-state index contributed by atoms with van der Waals surface area (Å²) in [5.74, 6) is 1.12. The predicted octanol–water partition coefficient (Wildman–Crippen LogP) is 3.03. The van der Waals surface area contributed by atoms with E-state index in [1.807, 2.05) is 19.1 Å². The smallest absolute Gasteiger partial charge is 0.221 e. The van der Waals surface area contributed by atoms with Crippen molar-refractivity contribution in [3.63, 3.8) is 0 Å². The molecule has 0 aromatic heterocycles. The fraction of sp³-hybridized carbons (Fsp3) is 0.462. The van der Waals surface area contributed by atoms with E-state index in [1.165, 1.54) is 0 Å². The molecule has 0 unspecified atom stereocenters. The number of hydrogen-bond donors (Lipinski definition) is 1. The van der Waals surface area contributed by atoms with Crippen LogP contribution in [-0.2, 0) is 11.2 Å². The standard InChI is InChI=1S/C13H17Cl2NO2/c1-2-18-12-4-3-11(15)9-10(12)6-8-16-13(17)5-7-14/h3-4,9H,2,5-8H2,1H3,(H,16,17). The number of rotatable bonds is 7. The van der Waals surface area contributed by atoms with Gasteiger partial charge >= 0.3 is 0 Å². The molecule has 0 saturated heterocycles. The van der Waals surface area contributed by atoms with Crippen molar-refractivity contribution in [1.82, 2.24) is 5.32 Å². The second-order valence-corrected chi connectivity index (χ2v) is 4.54. The lowest BCUT2D eigenvalue weighted by molar-refractivity contribution is -0.120. The molecule has 100 valence electrons. The maximum absolute atomic E-state index is 11.3. The van der Waals surface area contributed by atoms with Crippen molar-refractivity contribution in [3.05, 3.63) is 28.8 Å². The minimum atomic E-state index is -0.0370. The van der Waals surface area contributed by atoms with Gasteiger partial charge in [-0.05, 0) is 37.1 Å². The molecule has 0 bridgehead atoms. The van der Waals surface area contributed by atoms with Gasteiger partial charge in [0.2, 0.25) is 5.91 Å². The fourth-order valence-corrected chi connectivity index (χ4v) is 1.92. The monoisotopic (exact) mass is 289 g/mol. The third kappa shape index (κ3) is 5.15. The Morgan fingerprint density at radius 2 is 2.22 bits per heavy atom. The number of ether oxygens (including phenoxy) is 1. The van der Waals surface area contributed by atoms with Gasteiger partial charge in [0.1, 0.15) is 5.75 Å². The Balaban J connectivity index is 2.54. The summed E-state index contributed by atoms with van der Waals surface area (Å²) >= 11 is 11.4. The second-order valence-electron chi connectivity index (χ2n) is 3.72. The predicted molar refractivity (Wildman–Crippen MR) is 74.7 cm³/mol. The maximum Gasteiger partial charge on any atom is 0.221 e. The molecule has 5 heteroatoms. The van der Waals surface area contributed by atoms with E-state index in [1.54, 1.807) is 6.07 Å². The molecule has 0 aliphatic carbocycles. The van der Waals surface area contributed by atoms with E-state index in [2.05, 4.69) is 5.32 Å². The van der Waals surface area contributed by atoms with Crippen LogP contribution < -0.4 is 10.1 Å². The van der Waals surface area contributed by atoms with Gasteiger partial charge in [-0.3, -0.25) is 4.79 Å². The lowest BCUT2D eigenvalue weighted by atomic mass is 10.1. The highest BCUT2D eigenvalue weighted by Crippen LogP contribution is 2.23. The van der Waals surface area contributed by atoms with Crippen molar-refractivity contribution >= 4 is 29.1 Å². The molecular weight excluding hydrogens is 273 g/mol. The normalized spacial score (nSPS) is 10.2. The average molecular weight is 290 g/mol. The summed E-state index contributed by atoms with van der Waals surface area (Å²) < 4.78 is 5.50. The first-order valence-electron chi connectivity index (χ1n) is 5.91. The largest absolute Gasteiger partial charge is 0.494 e. The van der Waals surface area contributed by atoms with Crippen LogP contribution in [0.3, 0.4) is 0 Å². The summed E-state index contributed by atoms with van der Waals surface area (Å²) in [6.07, 6.45) is 1.03. The van der Waals surface area contributed by atoms with E-state index in [0.29, 0.717) is 36.9 Å². The molecular formula is C13H17Cl2NO2. The van der Waals surface area contributed by atoms with Gasteiger partial charge in [-0.2, -0.15) is 0 Å². The lowest BCUT2D eigenvalue weighted by Gasteiger charge is -2.11. The fourth-order valence-electron chi connectivity index (χ4n) is 1.55. The molecule has 1 rings (SSSR count). The van der Waals surface area contributed by atoms with Crippen molar-refractivity contribution in [2.24, 2.45) is 0 Å². The molecule has 1 aromatic rings. The number of hydrogen-bond acceptors (Lipinski definition) is 2. The quantitative estimate of drug-likeness (QED) is 0.784. The molecule has 0 heterocycles. The lowest BCUT2D eigenvalue weighted by Crippen LogP contribution is -2.25. The Labute approximate surface area is 117 Å². The molecule has 1 aromatic carbocycles. The van der Waals surface area contributed by atoms with E-state index in [4.69, 9.17) is 27.9 Å². The zero-order valence-corrected chi connectivity index (χ0v) is 11.9. The summed E-state index contributed by atoms with van der Waals surface area (Å²) in [7, 11) is 0. The van der Waals surface area contributed by atoms with Crippen molar-refractivity contribution in [2.45, 2.75) is 19.8 Å². The first kappa shape index (κ1) is 15.1. The Hall–Kier alpha value is -0.930. The number of halogens is 2. The number of carbonyl (C=O) groups is 1. The van der Waals surface area contributed by atoms with Crippen LogP contribution >= 0.6 is 23.2 Å². The van der Waals surface area contributed by atoms with Gasteiger partial charge in [0.05, 0.1) is 6.61 Å². The van der Waals surface area contributed by atoms with Gasteiger partial charge in [-0.15, -0.1) is 11.6 Å². The van der Waals surface area contributed by atoms with Crippen LogP contribution in [0.5, 0.6) is 5.75 Å². The number of alkyl halides is 1. The first-order valence-corrected chi connectivity index (χ1v) is 6.82. The molecule has 1 amide bonds. The zero-order chi connectivity index (χ0) is 13.4. The second kappa shape index (κ2) is 8.22. The molecule has 18 heavy (non-hydrogen) atoms. The molecule has 0 aliphatic rings. The minimum absolute atomic E-state index is 0.0370. The van der Waals surface area contributed by atoms with Gasteiger partial charge in [0.25, 0.3) is 0 Å². The molecule has 0 aliphatic heterocycles. The third-order valence-corrected chi connectivity index (χ3v) is 2.78. The van der Waals surface area contributed by atoms with E-state index >= 15 is 0 Å². The van der Waals surface area contributed by atoms with Crippen LogP contribution in [-0.4, -0.2) is 24.9 Å². The SMILES string of the molecule is CCOc1ccc(Cl)cc1CCNC(=O)CCCl. The number of benzene rings is 1. The topological polar surface area (TPSA) is 38.3 Å². The molecule has 1 N–H and O–H groups in total. The van der Waals surface area contributed by atoms with Gasteiger partial charge in [-0.25, -0.2) is 0 Å². The van der Waals surface area contributed by atoms with Crippen LogP contribution in [0.15, 0.2) is 18.2 Å². The highest BCUT2D eigenvalue weighted by atomic mass is 35.5. The average Bonchev–Trinajstić information content (AvgIpc) is 2.33. The Morgan fingerprint density at radius 3 is 2.89 bits per heavy atom. The summed E-state index contributed by atoms with van der Waals surface area (Å²) in [5, 5.41) is 3.47. The molecule has 0 atom stereocenters. The van der Waals surface area contributed by atoms with Crippen molar-refractivity contribution in [1.29, 1.82) is 0 Å². The molecule has 0 radical (unpaired) electrons. The van der Waals surface area contributed by atoms with Gasteiger partial charge in [0, 0.05) is 23.9 Å². The number of carbonyl (C=O) groups excluding carboxylic acids is 1. The van der Waals surface area contributed by atoms with Crippen molar-refractivity contribution in [2.75, 3.05) is 19.0 Å². The van der Waals surface area contributed by atoms with Gasteiger partial charge in [0.15, 0.2) is 0 Å². The van der Waals surface area contributed by atoms with Crippen molar-refractivity contribution < 1.29 is 9.53 Å². The number of amides is 1. The third-order valence-electron chi connectivity index (χ3n) is 2.36. The summed E-state index contributed by atoms with van der Waals surface area (Å²) in [6.45, 7) is 3.09. The highest BCUT2D eigenvalue weighted by molar-refractivity contribution is 6.30. The summed E-state index contributed by atoms with van der Waals surface area (Å²) in [4.78, 5) is 11.3. The van der Waals surface area contributed by atoms with Crippen LogP contribution in [0, 0.1) is 0 Å². The summed E-state index contributed by atoms with van der Waals surface area (Å²) in [5.41, 5.74) is 0.996. The zero-order valence-electron chi connectivity index (χ0n) is 10.3. The van der Waals surface area contributed by atoms with Crippen molar-refractivity contribution in [3.8, 4) is 5.75 Å². The van der Waals surface area contributed by atoms with Crippen LogP contribution in [0.25, 0.3) is 0 Å². The highest BCUT2D eigenvalue weighted by Gasteiger charge is 2.05. The molecule has 0 fully saturated rings.